The third-order valence-corrected chi connectivity index (χ3v) is 3.13. The van der Waals surface area contributed by atoms with Crippen LogP contribution >= 0.6 is 22.3 Å². The van der Waals surface area contributed by atoms with Crippen LogP contribution in [0.4, 0.5) is 13.2 Å². The maximum Gasteiger partial charge on any atom is 0.573 e. The molecule has 102 valence electrons. The van der Waals surface area contributed by atoms with Gasteiger partial charge in [0.05, 0.1) is 13.3 Å². The zero-order valence-corrected chi connectivity index (χ0v) is 10.8. The molecule has 0 aromatic carbocycles. The zero-order chi connectivity index (χ0) is 14.1. The van der Waals surface area contributed by atoms with E-state index in [1.165, 1.54) is 0 Å². The Morgan fingerprint density at radius 3 is 2.33 bits per heavy atom. The number of ether oxygens (including phenoxy) is 2. The Morgan fingerprint density at radius 2 is 1.94 bits per heavy atom. The number of hydrogen-bond acceptors (Lipinski definition) is 5. The molecule has 0 bridgehead atoms. The van der Waals surface area contributed by atoms with Crippen molar-refractivity contribution in [3.63, 3.8) is 0 Å². The number of methoxy groups -OCH3 is 1. The Hall–Kier alpha value is -0.930. The maximum absolute atomic E-state index is 12.1. The topological polar surface area (TPSA) is 65.5 Å². The zero-order valence-electron chi connectivity index (χ0n) is 8.46. The van der Waals surface area contributed by atoms with Gasteiger partial charge in [-0.15, -0.1) is 13.2 Å². The standard InChI is InChI=1S/C7H4Cl2F3NO4S/c1-16-3-2-13-6(18(9,14)15)5(4(3)8)17-7(10,11)12/h2H,1H3. The summed E-state index contributed by atoms with van der Waals surface area (Å²) in [6.45, 7) is 0. The average Bonchev–Trinajstić information content (AvgIpc) is 2.17. The molecule has 5 nitrogen and oxygen atoms in total. The smallest absolute Gasteiger partial charge is 0.493 e. The van der Waals surface area contributed by atoms with Crippen LogP contribution in [0.1, 0.15) is 0 Å². The van der Waals surface area contributed by atoms with Gasteiger partial charge in [0, 0.05) is 10.7 Å². The van der Waals surface area contributed by atoms with Gasteiger partial charge in [-0.25, -0.2) is 13.4 Å². The summed E-state index contributed by atoms with van der Waals surface area (Å²) in [6, 6.07) is 0. The molecule has 0 aliphatic rings. The fraction of sp³-hybridized carbons (Fsp3) is 0.286. The summed E-state index contributed by atoms with van der Waals surface area (Å²) < 4.78 is 66.6. The molecule has 18 heavy (non-hydrogen) atoms. The minimum Gasteiger partial charge on any atom is -0.493 e. The molecule has 0 amide bonds. The molecule has 0 saturated carbocycles. The van der Waals surface area contributed by atoms with Crippen molar-refractivity contribution in [3.8, 4) is 11.5 Å². The summed E-state index contributed by atoms with van der Waals surface area (Å²) in [5.41, 5.74) is 0. The van der Waals surface area contributed by atoms with Crippen molar-refractivity contribution in [3.05, 3.63) is 11.2 Å². The summed E-state index contributed by atoms with van der Waals surface area (Å²) in [6.07, 6.45) is -4.35. The highest BCUT2D eigenvalue weighted by molar-refractivity contribution is 8.13. The second-order valence-electron chi connectivity index (χ2n) is 2.76. The molecule has 1 aromatic heterocycles. The van der Waals surface area contributed by atoms with Gasteiger partial charge in [-0.05, 0) is 0 Å². The van der Waals surface area contributed by atoms with Crippen LogP contribution in [-0.4, -0.2) is 26.9 Å². The van der Waals surface area contributed by atoms with E-state index in [0.717, 1.165) is 13.3 Å². The third-order valence-electron chi connectivity index (χ3n) is 1.58. The summed E-state index contributed by atoms with van der Waals surface area (Å²) >= 11 is 5.51. The van der Waals surface area contributed by atoms with Gasteiger partial charge in [-0.1, -0.05) is 11.6 Å². The average molecular weight is 326 g/mol. The van der Waals surface area contributed by atoms with Crippen LogP contribution in [0.25, 0.3) is 0 Å². The van der Waals surface area contributed by atoms with Crippen LogP contribution in [0, 0.1) is 0 Å². The van der Waals surface area contributed by atoms with Gasteiger partial charge in [0.25, 0.3) is 9.05 Å². The van der Waals surface area contributed by atoms with Gasteiger partial charge >= 0.3 is 6.36 Å². The normalized spacial score (nSPS) is 12.3. The highest BCUT2D eigenvalue weighted by Crippen LogP contribution is 2.41. The molecule has 0 spiro atoms. The fourth-order valence-electron chi connectivity index (χ4n) is 0.959. The first kappa shape index (κ1) is 15.1. The highest BCUT2D eigenvalue weighted by Gasteiger charge is 2.36. The first-order valence-electron chi connectivity index (χ1n) is 3.99. The van der Waals surface area contributed by atoms with E-state index in [4.69, 9.17) is 22.3 Å². The molecule has 1 aromatic rings. The van der Waals surface area contributed by atoms with Crippen molar-refractivity contribution in [1.29, 1.82) is 0 Å². The van der Waals surface area contributed by atoms with E-state index >= 15 is 0 Å². The minimum absolute atomic E-state index is 0.292. The van der Waals surface area contributed by atoms with Crippen LogP contribution in [0.2, 0.25) is 5.02 Å². The summed E-state index contributed by atoms with van der Waals surface area (Å²) in [7, 11) is 1.47. The van der Waals surface area contributed by atoms with Gasteiger partial charge in [0.2, 0.25) is 5.03 Å². The largest absolute Gasteiger partial charge is 0.573 e. The first-order valence-corrected chi connectivity index (χ1v) is 6.68. The second-order valence-corrected chi connectivity index (χ2v) is 5.62. The van der Waals surface area contributed by atoms with Gasteiger partial charge in [0.15, 0.2) is 11.5 Å². The van der Waals surface area contributed by atoms with E-state index in [2.05, 4.69) is 14.5 Å². The van der Waals surface area contributed by atoms with Crippen LogP contribution in [-0.2, 0) is 9.05 Å². The minimum atomic E-state index is -5.16. The Bertz CT molecular complexity index is 561. The van der Waals surface area contributed by atoms with Gasteiger partial charge < -0.3 is 9.47 Å². The second kappa shape index (κ2) is 4.98. The molecule has 0 aliphatic heterocycles. The fourth-order valence-corrected chi connectivity index (χ4v) is 2.14. The van der Waals surface area contributed by atoms with Crippen molar-refractivity contribution in [2.75, 3.05) is 7.11 Å². The molecule has 0 saturated heterocycles. The highest BCUT2D eigenvalue weighted by atomic mass is 35.7. The van der Waals surface area contributed by atoms with Crippen molar-refractivity contribution in [2.45, 2.75) is 11.4 Å². The number of aromatic nitrogens is 1. The molecule has 1 rings (SSSR count). The Balaban J connectivity index is 3.51. The SMILES string of the molecule is COc1cnc(S(=O)(=O)Cl)c(OC(F)(F)F)c1Cl. The number of hydrogen-bond donors (Lipinski definition) is 0. The molecule has 0 fully saturated rings. The molecule has 0 radical (unpaired) electrons. The lowest BCUT2D eigenvalue weighted by Gasteiger charge is -2.14. The van der Waals surface area contributed by atoms with E-state index in [0.29, 0.717) is 0 Å². The molecule has 11 heteroatoms. The Kier molecular flexibility index (Phi) is 4.19. The summed E-state index contributed by atoms with van der Waals surface area (Å²) in [4.78, 5) is 3.21. The number of nitrogens with zero attached hydrogens (tertiary/aromatic N) is 1. The van der Waals surface area contributed by atoms with E-state index < -0.39 is 31.2 Å². The van der Waals surface area contributed by atoms with Crippen molar-refractivity contribution in [1.82, 2.24) is 4.98 Å². The third kappa shape index (κ3) is 3.53. The van der Waals surface area contributed by atoms with E-state index in [-0.39, 0.29) is 5.75 Å². The lowest BCUT2D eigenvalue weighted by Crippen LogP contribution is -2.19. The number of rotatable bonds is 3. The molecule has 0 atom stereocenters. The molecule has 0 aliphatic carbocycles. The number of pyridine rings is 1. The Labute approximate surface area is 109 Å². The Morgan fingerprint density at radius 1 is 1.39 bits per heavy atom. The predicted molar refractivity (Wildman–Crippen MR) is 55.5 cm³/mol. The number of halogens is 5. The maximum atomic E-state index is 12.1. The molecule has 0 unspecified atom stereocenters. The summed E-state index contributed by atoms with van der Waals surface area (Å²) in [5.74, 6) is -1.53. The van der Waals surface area contributed by atoms with Crippen LogP contribution in [0.5, 0.6) is 11.5 Å². The monoisotopic (exact) mass is 325 g/mol. The molecular weight excluding hydrogens is 322 g/mol. The van der Waals surface area contributed by atoms with E-state index in [9.17, 15) is 21.6 Å². The summed E-state index contributed by atoms with van der Waals surface area (Å²) in [5, 5.41) is -1.85. The molecule has 0 N–H and O–H groups in total. The quantitative estimate of drug-likeness (QED) is 0.799. The van der Waals surface area contributed by atoms with Crippen molar-refractivity contribution in [2.24, 2.45) is 0 Å². The molecule has 1 heterocycles. The first-order chi connectivity index (χ1) is 8.06. The lowest BCUT2D eigenvalue weighted by atomic mass is 10.4. The predicted octanol–water partition coefficient (Wildman–Crippen LogP) is 2.57. The van der Waals surface area contributed by atoms with E-state index in [1.54, 1.807) is 0 Å². The number of alkyl halides is 3. The van der Waals surface area contributed by atoms with Crippen LogP contribution < -0.4 is 9.47 Å². The van der Waals surface area contributed by atoms with Crippen molar-refractivity contribution >= 4 is 31.3 Å². The van der Waals surface area contributed by atoms with Crippen LogP contribution in [0.15, 0.2) is 11.2 Å². The van der Waals surface area contributed by atoms with Gasteiger partial charge in [-0.2, -0.15) is 0 Å². The van der Waals surface area contributed by atoms with Gasteiger partial charge in [-0.3, -0.25) is 0 Å². The van der Waals surface area contributed by atoms with E-state index in [1.807, 2.05) is 0 Å². The van der Waals surface area contributed by atoms with Gasteiger partial charge in [0.1, 0.15) is 5.02 Å². The van der Waals surface area contributed by atoms with Crippen LogP contribution in [0.3, 0.4) is 0 Å². The lowest BCUT2D eigenvalue weighted by molar-refractivity contribution is -0.275. The molecular formula is C7H4Cl2F3NO4S. The van der Waals surface area contributed by atoms with Crippen molar-refractivity contribution < 1.29 is 31.1 Å².